The standard InChI is InChI=1S/C28H18Cl8/c29-21-9-1-17(2-10-21)25(18-3-11-22(30)12-4-18)27(33,34)28(35,36)26(19-5-13-23(31)14-6-19)20-7-15-24(32)16-8-20/h1-16,25-26H. The summed E-state index contributed by atoms with van der Waals surface area (Å²) in [5.74, 6) is -1.29. The fourth-order valence-corrected chi connectivity index (χ4v) is 6.18. The third kappa shape index (κ3) is 5.93. The Labute approximate surface area is 250 Å². The van der Waals surface area contributed by atoms with Crippen LogP contribution in [0.1, 0.15) is 34.1 Å². The lowest BCUT2D eigenvalue weighted by Crippen LogP contribution is -2.46. The van der Waals surface area contributed by atoms with E-state index >= 15 is 0 Å². The summed E-state index contributed by atoms with van der Waals surface area (Å²) in [6.45, 7) is 0. The second-order valence-corrected chi connectivity index (χ2v) is 12.8. The van der Waals surface area contributed by atoms with Gasteiger partial charge in [-0.05, 0) is 70.8 Å². The van der Waals surface area contributed by atoms with Crippen LogP contribution in [0.2, 0.25) is 20.1 Å². The molecule has 4 aromatic rings. The molecular formula is C28H18Cl8. The van der Waals surface area contributed by atoms with E-state index < -0.39 is 20.5 Å². The second kappa shape index (κ2) is 11.5. The topological polar surface area (TPSA) is 0 Å². The first-order chi connectivity index (χ1) is 17.0. The summed E-state index contributed by atoms with van der Waals surface area (Å²) in [7, 11) is 0. The van der Waals surface area contributed by atoms with E-state index in [1.165, 1.54) is 0 Å². The van der Waals surface area contributed by atoms with Gasteiger partial charge in [0.05, 0.1) is 0 Å². The van der Waals surface area contributed by atoms with Gasteiger partial charge in [-0.3, -0.25) is 0 Å². The smallest absolute Gasteiger partial charge is 0.0972 e. The van der Waals surface area contributed by atoms with Crippen LogP contribution in [-0.2, 0) is 0 Å². The highest BCUT2D eigenvalue weighted by molar-refractivity contribution is 6.63. The molecule has 0 aliphatic rings. The average molecular weight is 638 g/mol. The van der Waals surface area contributed by atoms with Gasteiger partial charge in [-0.2, -0.15) is 0 Å². The molecule has 8 heteroatoms. The number of halogens is 8. The van der Waals surface area contributed by atoms with E-state index in [2.05, 4.69) is 0 Å². The molecule has 0 heterocycles. The van der Waals surface area contributed by atoms with E-state index in [1.54, 1.807) is 48.5 Å². The minimum absolute atomic E-state index is 0.576. The van der Waals surface area contributed by atoms with Crippen LogP contribution in [0.5, 0.6) is 0 Å². The summed E-state index contributed by atoms with van der Waals surface area (Å²) in [5, 5.41) is 2.30. The lowest BCUT2D eigenvalue weighted by atomic mass is 9.79. The van der Waals surface area contributed by atoms with Crippen molar-refractivity contribution in [3.05, 3.63) is 139 Å². The first-order valence-corrected chi connectivity index (χ1v) is 13.8. The maximum Gasteiger partial charge on any atom is 0.162 e. The van der Waals surface area contributed by atoms with Crippen molar-refractivity contribution < 1.29 is 0 Å². The van der Waals surface area contributed by atoms with Crippen molar-refractivity contribution in [3.63, 3.8) is 0 Å². The molecule has 36 heavy (non-hydrogen) atoms. The van der Waals surface area contributed by atoms with Crippen molar-refractivity contribution in [1.82, 2.24) is 0 Å². The fourth-order valence-electron chi connectivity index (χ4n) is 4.23. The largest absolute Gasteiger partial charge is 0.162 e. The maximum atomic E-state index is 7.28. The fraction of sp³-hybridized carbons (Fsp3) is 0.143. The molecule has 0 N–H and O–H groups in total. The third-order valence-corrected chi connectivity index (χ3v) is 9.44. The van der Waals surface area contributed by atoms with Gasteiger partial charge in [0.15, 0.2) is 8.67 Å². The lowest BCUT2D eigenvalue weighted by molar-refractivity contribution is 0.540. The molecule has 0 atom stereocenters. The summed E-state index contributed by atoms with van der Waals surface area (Å²) in [6.07, 6.45) is 0. The van der Waals surface area contributed by atoms with Gasteiger partial charge < -0.3 is 0 Å². The SMILES string of the molecule is Clc1ccc(C(c2ccc(Cl)cc2)C(Cl)(Cl)C(Cl)(Cl)C(c2ccc(Cl)cc2)c2ccc(Cl)cc2)cc1. The molecule has 0 radical (unpaired) electrons. The summed E-state index contributed by atoms with van der Waals surface area (Å²) >= 11 is 53.8. The van der Waals surface area contributed by atoms with Gasteiger partial charge in [0, 0.05) is 31.9 Å². The summed E-state index contributed by atoms with van der Waals surface area (Å²) < 4.78 is -3.50. The van der Waals surface area contributed by atoms with E-state index in [9.17, 15) is 0 Å². The molecule has 0 aromatic heterocycles. The molecule has 0 aliphatic heterocycles. The Morgan fingerprint density at radius 2 is 0.500 bits per heavy atom. The molecule has 0 saturated carbocycles. The van der Waals surface area contributed by atoms with Gasteiger partial charge in [-0.1, -0.05) is 141 Å². The molecular weight excluding hydrogens is 620 g/mol. The van der Waals surface area contributed by atoms with Gasteiger partial charge in [0.1, 0.15) is 0 Å². The molecule has 0 aliphatic carbocycles. The number of hydrogen-bond donors (Lipinski definition) is 0. The van der Waals surface area contributed by atoms with Crippen molar-refractivity contribution in [1.29, 1.82) is 0 Å². The molecule has 0 saturated heterocycles. The van der Waals surface area contributed by atoms with Crippen LogP contribution in [0, 0.1) is 0 Å². The Kier molecular flexibility index (Phi) is 9.03. The Morgan fingerprint density at radius 3 is 0.667 bits per heavy atom. The third-order valence-electron chi connectivity index (χ3n) is 5.98. The Morgan fingerprint density at radius 1 is 0.333 bits per heavy atom. The van der Waals surface area contributed by atoms with Crippen LogP contribution in [0.15, 0.2) is 97.1 Å². The highest BCUT2D eigenvalue weighted by Gasteiger charge is 2.58. The molecule has 0 amide bonds. The van der Waals surface area contributed by atoms with E-state index in [4.69, 9.17) is 92.8 Å². The summed E-state index contributed by atoms with van der Waals surface area (Å²) in [4.78, 5) is 0. The first-order valence-electron chi connectivity index (χ1n) is 10.8. The predicted molar refractivity (Wildman–Crippen MR) is 158 cm³/mol. The predicted octanol–water partition coefficient (Wildman–Crippen LogP) is 11.6. The summed E-state index contributed by atoms with van der Waals surface area (Å²) in [6, 6.07) is 29.0. The molecule has 0 nitrogen and oxygen atoms in total. The quantitative estimate of drug-likeness (QED) is 0.177. The Balaban J connectivity index is 1.91. The van der Waals surface area contributed by atoms with Crippen molar-refractivity contribution in [2.45, 2.75) is 20.5 Å². The zero-order valence-corrected chi connectivity index (χ0v) is 24.5. The van der Waals surface area contributed by atoms with E-state index in [-0.39, 0.29) is 0 Å². The molecule has 4 aromatic carbocycles. The van der Waals surface area contributed by atoms with Crippen LogP contribution in [0.25, 0.3) is 0 Å². The van der Waals surface area contributed by atoms with E-state index in [0.717, 1.165) is 22.3 Å². The normalized spacial score (nSPS) is 12.4. The van der Waals surface area contributed by atoms with Crippen molar-refractivity contribution >= 4 is 92.8 Å². The number of hydrogen-bond acceptors (Lipinski definition) is 0. The maximum absolute atomic E-state index is 7.28. The molecule has 0 spiro atoms. The van der Waals surface area contributed by atoms with Crippen LogP contribution < -0.4 is 0 Å². The Bertz CT molecular complexity index is 1100. The van der Waals surface area contributed by atoms with Crippen molar-refractivity contribution in [2.24, 2.45) is 0 Å². The van der Waals surface area contributed by atoms with Crippen LogP contribution in [0.4, 0.5) is 0 Å². The summed E-state index contributed by atoms with van der Waals surface area (Å²) in [5.41, 5.74) is 3.12. The van der Waals surface area contributed by atoms with E-state index in [0.29, 0.717) is 20.1 Å². The van der Waals surface area contributed by atoms with Crippen molar-refractivity contribution in [2.75, 3.05) is 0 Å². The first kappa shape index (κ1) is 28.2. The monoisotopic (exact) mass is 634 g/mol. The molecule has 4 rings (SSSR count). The van der Waals surface area contributed by atoms with Crippen molar-refractivity contribution in [3.8, 4) is 0 Å². The Hall–Kier alpha value is -0.800. The van der Waals surface area contributed by atoms with Gasteiger partial charge >= 0.3 is 0 Å². The van der Waals surface area contributed by atoms with Gasteiger partial charge in [-0.25, -0.2) is 0 Å². The minimum atomic E-state index is -1.75. The molecule has 0 bridgehead atoms. The highest BCUT2D eigenvalue weighted by Crippen LogP contribution is 2.60. The van der Waals surface area contributed by atoms with E-state index in [1.807, 2.05) is 48.5 Å². The van der Waals surface area contributed by atoms with Gasteiger partial charge in [0.2, 0.25) is 0 Å². The number of alkyl halides is 4. The van der Waals surface area contributed by atoms with Gasteiger partial charge in [-0.15, -0.1) is 0 Å². The van der Waals surface area contributed by atoms with Crippen LogP contribution in [0.3, 0.4) is 0 Å². The zero-order valence-electron chi connectivity index (χ0n) is 18.4. The molecule has 0 unspecified atom stereocenters. The molecule has 0 fully saturated rings. The van der Waals surface area contributed by atoms with Crippen LogP contribution in [-0.4, -0.2) is 8.67 Å². The number of rotatable bonds is 7. The van der Waals surface area contributed by atoms with Gasteiger partial charge in [0.25, 0.3) is 0 Å². The second-order valence-electron chi connectivity index (χ2n) is 8.32. The molecule has 186 valence electrons. The number of benzene rings is 4. The average Bonchev–Trinajstić information content (AvgIpc) is 2.84. The minimum Gasteiger partial charge on any atom is -0.0972 e. The lowest BCUT2D eigenvalue weighted by Gasteiger charge is -2.44. The highest BCUT2D eigenvalue weighted by atomic mass is 35.5. The van der Waals surface area contributed by atoms with Crippen LogP contribution >= 0.6 is 92.8 Å². The zero-order chi connectivity index (χ0) is 26.1.